The van der Waals surface area contributed by atoms with E-state index in [4.69, 9.17) is 5.73 Å². The van der Waals surface area contributed by atoms with Crippen molar-refractivity contribution in [2.45, 2.75) is 12.9 Å². The first-order valence-electron chi connectivity index (χ1n) is 3.97. The molecule has 8 heteroatoms. The number of pyridine rings is 1. The van der Waals surface area contributed by atoms with Gasteiger partial charge in [0, 0.05) is 12.1 Å². The van der Waals surface area contributed by atoms with Crippen molar-refractivity contribution in [3.05, 3.63) is 21.0 Å². The minimum absolute atomic E-state index is 0.0250. The van der Waals surface area contributed by atoms with E-state index in [0.29, 0.717) is 6.29 Å². The number of rotatable bonds is 3. The number of nitrogens with two attached hydrogens (primary N) is 1. The molecule has 0 unspecified atom stereocenters. The van der Waals surface area contributed by atoms with Crippen molar-refractivity contribution in [1.82, 2.24) is 4.98 Å². The Morgan fingerprint density at radius 3 is 2.62 bits per heavy atom. The van der Waals surface area contributed by atoms with E-state index in [1.165, 1.54) is 0 Å². The summed E-state index contributed by atoms with van der Waals surface area (Å²) in [5, 5.41) is 0. The molecule has 1 aromatic heterocycles. The minimum Gasteiger partial charge on any atom is -0.404 e. The summed E-state index contributed by atoms with van der Waals surface area (Å²) in [6.45, 7) is -0.208. The maximum absolute atomic E-state index is 12.0. The van der Waals surface area contributed by atoms with Crippen molar-refractivity contribution in [3.8, 4) is 5.75 Å². The van der Waals surface area contributed by atoms with Crippen molar-refractivity contribution >= 4 is 28.9 Å². The summed E-state index contributed by atoms with van der Waals surface area (Å²) in [4.78, 5) is 14.3. The van der Waals surface area contributed by atoms with E-state index in [1.54, 1.807) is 22.6 Å². The third kappa shape index (κ3) is 3.30. The fourth-order valence-corrected chi connectivity index (χ4v) is 1.54. The first-order valence-corrected chi connectivity index (χ1v) is 5.05. The average Bonchev–Trinajstić information content (AvgIpc) is 2.18. The van der Waals surface area contributed by atoms with Gasteiger partial charge in [0.25, 0.3) is 0 Å². The van der Waals surface area contributed by atoms with E-state index in [-0.39, 0.29) is 21.5 Å². The van der Waals surface area contributed by atoms with E-state index < -0.39 is 12.1 Å². The summed E-state index contributed by atoms with van der Waals surface area (Å²) < 4.78 is 40.0. The van der Waals surface area contributed by atoms with Gasteiger partial charge in [0.2, 0.25) is 0 Å². The van der Waals surface area contributed by atoms with E-state index in [1.807, 2.05) is 0 Å². The lowest BCUT2D eigenvalue weighted by Crippen LogP contribution is -2.20. The van der Waals surface area contributed by atoms with Crippen LogP contribution in [0.25, 0.3) is 0 Å². The average molecular weight is 346 g/mol. The summed E-state index contributed by atoms with van der Waals surface area (Å²) in [6.07, 6.45) is -4.43. The van der Waals surface area contributed by atoms with Gasteiger partial charge in [0.1, 0.15) is 3.70 Å². The normalized spacial score (nSPS) is 11.3. The molecule has 0 spiro atoms. The highest BCUT2D eigenvalue weighted by Gasteiger charge is 2.32. The molecular formula is C8H6F3IN2O2. The Morgan fingerprint density at radius 2 is 2.19 bits per heavy atom. The molecule has 2 N–H and O–H groups in total. The molecule has 0 saturated carbocycles. The highest BCUT2D eigenvalue weighted by atomic mass is 127. The number of carbonyl (C=O) groups is 1. The number of carbonyl (C=O) groups excluding carboxylic acids is 1. The second-order valence-corrected chi connectivity index (χ2v) is 3.70. The topological polar surface area (TPSA) is 65.2 Å². The Bertz CT molecular complexity index is 409. The zero-order valence-corrected chi connectivity index (χ0v) is 9.87. The second-order valence-electron chi connectivity index (χ2n) is 2.68. The summed E-state index contributed by atoms with van der Waals surface area (Å²) in [6, 6.07) is 0.970. The molecule has 0 fully saturated rings. The lowest BCUT2D eigenvalue weighted by Gasteiger charge is -2.12. The van der Waals surface area contributed by atoms with E-state index in [0.717, 1.165) is 6.07 Å². The molecule has 0 saturated heterocycles. The molecule has 0 aliphatic carbocycles. The number of alkyl halides is 3. The molecule has 0 aromatic carbocycles. The summed E-state index contributed by atoms with van der Waals surface area (Å²) in [5.74, 6) is -0.544. The first-order chi connectivity index (χ1) is 7.37. The van der Waals surface area contributed by atoms with Gasteiger partial charge >= 0.3 is 6.36 Å². The predicted octanol–water partition coefficient (Wildman–Crippen LogP) is 1.86. The Kier molecular flexibility index (Phi) is 4.08. The van der Waals surface area contributed by atoms with Gasteiger partial charge < -0.3 is 10.5 Å². The predicted molar refractivity (Wildman–Crippen MR) is 56.9 cm³/mol. The third-order valence-corrected chi connectivity index (χ3v) is 2.45. The zero-order chi connectivity index (χ0) is 12.3. The molecule has 4 nitrogen and oxygen atoms in total. The largest absolute Gasteiger partial charge is 0.573 e. The van der Waals surface area contributed by atoms with Gasteiger partial charge in [-0.2, -0.15) is 0 Å². The monoisotopic (exact) mass is 346 g/mol. The van der Waals surface area contributed by atoms with Crippen LogP contribution in [0.1, 0.15) is 16.1 Å². The molecule has 0 aliphatic heterocycles. The molecule has 1 heterocycles. The quantitative estimate of drug-likeness (QED) is 0.516. The number of hydrogen-bond donors (Lipinski definition) is 1. The maximum Gasteiger partial charge on any atom is 0.573 e. The summed E-state index contributed by atoms with van der Waals surface area (Å²) in [7, 11) is 0. The third-order valence-electron chi connectivity index (χ3n) is 1.59. The number of ether oxygens (including phenoxy) is 1. The lowest BCUT2D eigenvalue weighted by molar-refractivity contribution is -0.275. The molecule has 0 bridgehead atoms. The Morgan fingerprint density at radius 1 is 1.56 bits per heavy atom. The van der Waals surface area contributed by atoms with Crippen molar-refractivity contribution in [3.63, 3.8) is 0 Å². The van der Waals surface area contributed by atoms with Gasteiger partial charge in [-0.3, -0.25) is 4.79 Å². The van der Waals surface area contributed by atoms with Crippen molar-refractivity contribution in [1.29, 1.82) is 0 Å². The van der Waals surface area contributed by atoms with E-state index >= 15 is 0 Å². The van der Waals surface area contributed by atoms with Gasteiger partial charge in [0.15, 0.2) is 12.0 Å². The highest BCUT2D eigenvalue weighted by Crippen LogP contribution is 2.27. The van der Waals surface area contributed by atoms with Crippen LogP contribution in [0.2, 0.25) is 0 Å². The van der Waals surface area contributed by atoms with Gasteiger partial charge in [-0.25, -0.2) is 4.98 Å². The minimum atomic E-state index is -4.83. The van der Waals surface area contributed by atoms with Gasteiger partial charge in [-0.15, -0.1) is 13.2 Å². The zero-order valence-electron chi connectivity index (χ0n) is 7.71. The fourth-order valence-electron chi connectivity index (χ4n) is 0.964. The van der Waals surface area contributed by atoms with Crippen LogP contribution < -0.4 is 10.5 Å². The molecule has 0 radical (unpaired) electrons. The lowest BCUT2D eigenvalue weighted by atomic mass is 10.2. The number of nitrogens with zero attached hydrogens (tertiary/aromatic N) is 1. The van der Waals surface area contributed by atoms with E-state index in [2.05, 4.69) is 9.72 Å². The maximum atomic E-state index is 12.0. The molecule has 1 rings (SSSR count). The molecule has 0 atom stereocenters. The number of hydrogen-bond acceptors (Lipinski definition) is 4. The molecule has 0 amide bonds. The number of aromatic nitrogens is 1. The van der Waals surface area contributed by atoms with Crippen molar-refractivity contribution < 1.29 is 22.7 Å². The van der Waals surface area contributed by atoms with Crippen LogP contribution in [-0.4, -0.2) is 17.6 Å². The van der Waals surface area contributed by atoms with E-state index in [9.17, 15) is 18.0 Å². The number of halogens is 4. The van der Waals surface area contributed by atoms with Crippen LogP contribution in [0.5, 0.6) is 5.75 Å². The fraction of sp³-hybridized carbons (Fsp3) is 0.250. The molecule has 1 aromatic rings. The SMILES string of the molecule is NCc1nc(I)c(C=O)cc1OC(F)(F)F. The Hall–Kier alpha value is -0.900. The van der Waals surface area contributed by atoms with Gasteiger partial charge in [-0.05, 0) is 28.7 Å². The van der Waals surface area contributed by atoms with Gasteiger partial charge in [0.05, 0.1) is 5.69 Å². The number of aldehydes is 1. The molecule has 0 aliphatic rings. The van der Waals surface area contributed by atoms with Crippen LogP contribution in [0.4, 0.5) is 13.2 Å². The summed E-state index contributed by atoms with van der Waals surface area (Å²) in [5.41, 5.74) is 5.20. The standard InChI is InChI=1S/C8H6F3IN2O2/c9-8(10,11)16-6-1-4(3-15)7(12)14-5(6)2-13/h1,3H,2,13H2. The van der Waals surface area contributed by atoms with Gasteiger partial charge in [-0.1, -0.05) is 0 Å². The van der Waals surface area contributed by atoms with Crippen LogP contribution in [0, 0.1) is 3.70 Å². The Balaban J connectivity index is 3.20. The summed E-state index contributed by atoms with van der Waals surface area (Å²) >= 11 is 1.73. The van der Waals surface area contributed by atoms with Crippen LogP contribution >= 0.6 is 22.6 Å². The van der Waals surface area contributed by atoms with Crippen LogP contribution in [-0.2, 0) is 6.54 Å². The molecule has 16 heavy (non-hydrogen) atoms. The second kappa shape index (κ2) is 4.95. The Labute approximate surface area is 102 Å². The molecular weight excluding hydrogens is 340 g/mol. The first kappa shape index (κ1) is 13.2. The van der Waals surface area contributed by atoms with Crippen molar-refractivity contribution in [2.24, 2.45) is 5.73 Å². The smallest absolute Gasteiger partial charge is 0.404 e. The van der Waals surface area contributed by atoms with Crippen LogP contribution in [0.15, 0.2) is 6.07 Å². The molecule has 88 valence electrons. The van der Waals surface area contributed by atoms with Crippen molar-refractivity contribution in [2.75, 3.05) is 0 Å². The van der Waals surface area contributed by atoms with Crippen LogP contribution in [0.3, 0.4) is 0 Å². The highest BCUT2D eigenvalue weighted by molar-refractivity contribution is 14.1.